The van der Waals surface area contributed by atoms with Gasteiger partial charge < -0.3 is 15.0 Å². The third-order valence-corrected chi connectivity index (χ3v) is 3.50. The fraction of sp³-hybridized carbons (Fsp3) is 0.167. The highest BCUT2D eigenvalue weighted by atomic mass is 19.1. The zero-order valence-electron chi connectivity index (χ0n) is 12.7. The molecule has 118 valence electrons. The number of H-pyrrole nitrogens is 1. The number of amides is 1. The number of halogens is 1. The number of aromatic nitrogens is 1. The minimum absolute atomic E-state index is 0.0758. The maximum Gasteiger partial charge on any atom is 0.258 e. The lowest BCUT2D eigenvalue weighted by Gasteiger charge is -2.08. The van der Waals surface area contributed by atoms with Gasteiger partial charge in [-0.25, -0.2) is 4.39 Å². The van der Waals surface area contributed by atoms with Crippen LogP contribution in [0.2, 0.25) is 0 Å². The quantitative estimate of drug-likeness (QED) is 0.759. The molecule has 3 aromatic rings. The van der Waals surface area contributed by atoms with Gasteiger partial charge in [0.05, 0.1) is 0 Å². The van der Waals surface area contributed by atoms with Crippen LogP contribution in [0.15, 0.2) is 48.5 Å². The molecule has 4 nitrogen and oxygen atoms in total. The van der Waals surface area contributed by atoms with Crippen LogP contribution in [-0.4, -0.2) is 17.5 Å². The molecule has 1 heterocycles. The summed E-state index contributed by atoms with van der Waals surface area (Å²) in [6, 6.07) is 14.0. The highest BCUT2D eigenvalue weighted by molar-refractivity contribution is 5.81. The van der Waals surface area contributed by atoms with E-state index in [4.69, 9.17) is 4.74 Å². The van der Waals surface area contributed by atoms with E-state index < -0.39 is 5.82 Å². The number of nitrogens with one attached hydrogen (secondary N) is 2. The predicted molar refractivity (Wildman–Crippen MR) is 86.8 cm³/mol. The fourth-order valence-corrected chi connectivity index (χ4v) is 2.39. The van der Waals surface area contributed by atoms with E-state index in [0.717, 1.165) is 22.2 Å². The van der Waals surface area contributed by atoms with Gasteiger partial charge in [0.2, 0.25) is 0 Å². The second-order valence-electron chi connectivity index (χ2n) is 5.37. The molecule has 0 spiro atoms. The number of hydrogen-bond acceptors (Lipinski definition) is 2. The van der Waals surface area contributed by atoms with Gasteiger partial charge in [0, 0.05) is 17.8 Å². The van der Waals surface area contributed by atoms with Crippen molar-refractivity contribution in [2.24, 2.45) is 0 Å². The predicted octanol–water partition coefficient (Wildman–Crippen LogP) is 3.31. The molecular formula is C18H17FN2O2. The van der Waals surface area contributed by atoms with Crippen LogP contribution < -0.4 is 10.1 Å². The second-order valence-corrected chi connectivity index (χ2v) is 5.37. The minimum atomic E-state index is -0.478. The van der Waals surface area contributed by atoms with E-state index in [2.05, 4.69) is 16.4 Å². The Morgan fingerprint density at radius 2 is 2.04 bits per heavy atom. The molecule has 2 N–H and O–H groups in total. The maximum absolute atomic E-state index is 13.4. The molecule has 0 saturated carbocycles. The monoisotopic (exact) mass is 312 g/mol. The Hall–Kier alpha value is -2.82. The zero-order valence-corrected chi connectivity index (χ0v) is 12.7. The Bertz CT molecular complexity index is 842. The van der Waals surface area contributed by atoms with Gasteiger partial charge in [0.1, 0.15) is 0 Å². The summed E-state index contributed by atoms with van der Waals surface area (Å²) >= 11 is 0. The summed E-state index contributed by atoms with van der Waals surface area (Å²) in [5, 5.41) is 3.87. The fourth-order valence-electron chi connectivity index (χ4n) is 2.39. The Morgan fingerprint density at radius 3 is 2.87 bits per heavy atom. The van der Waals surface area contributed by atoms with Crippen molar-refractivity contribution in [3.05, 3.63) is 65.6 Å². The van der Waals surface area contributed by atoms with E-state index in [9.17, 15) is 9.18 Å². The minimum Gasteiger partial charge on any atom is -0.481 e. The molecule has 3 rings (SSSR count). The molecule has 0 fully saturated rings. The summed E-state index contributed by atoms with van der Waals surface area (Å²) < 4.78 is 18.6. The first-order valence-electron chi connectivity index (χ1n) is 7.34. The number of rotatable bonds is 5. The number of fused-ring (bicyclic) bond motifs is 1. The highest BCUT2D eigenvalue weighted by Crippen LogP contribution is 2.17. The zero-order chi connectivity index (χ0) is 16.2. The largest absolute Gasteiger partial charge is 0.481 e. The van der Waals surface area contributed by atoms with Crippen LogP contribution in [0.25, 0.3) is 10.9 Å². The Labute approximate surface area is 133 Å². The summed E-state index contributed by atoms with van der Waals surface area (Å²) in [5.74, 6) is -0.695. The van der Waals surface area contributed by atoms with E-state index in [0.29, 0.717) is 6.54 Å². The molecular weight excluding hydrogens is 295 g/mol. The van der Waals surface area contributed by atoms with Crippen molar-refractivity contribution in [1.29, 1.82) is 0 Å². The number of carbonyl (C=O) groups excluding carboxylic acids is 1. The molecule has 2 aromatic carbocycles. The molecule has 0 aliphatic heterocycles. The first-order chi connectivity index (χ1) is 11.1. The molecule has 0 atom stereocenters. The third-order valence-electron chi connectivity index (χ3n) is 3.50. The first kappa shape index (κ1) is 15.1. The van der Waals surface area contributed by atoms with Gasteiger partial charge in [-0.15, -0.1) is 0 Å². The van der Waals surface area contributed by atoms with Crippen LogP contribution in [0.1, 0.15) is 11.3 Å². The van der Waals surface area contributed by atoms with Gasteiger partial charge >= 0.3 is 0 Å². The van der Waals surface area contributed by atoms with Crippen molar-refractivity contribution in [3.8, 4) is 5.75 Å². The molecule has 1 aromatic heterocycles. The standard InChI is InChI=1S/C18H17FN2O2/c1-12-8-14-9-13(6-7-16(14)21-12)10-20-18(22)11-23-17-5-3-2-4-15(17)19/h2-9,21H,10-11H2,1H3,(H,20,22). The lowest BCUT2D eigenvalue weighted by atomic mass is 10.1. The lowest BCUT2D eigenvalue weighted by molar-refractivity contribution is -0.123. The molecule has 0 radical (unpaired) electrons. The van der Waals surface area contributed by atoms with Gasteiger partial charge in [-0.3, -0.25) is 4.79 Å². The number of hydrogen-bond donors (Lipinski definition) is 2. The molecule has 0 aliphatic carbocycles. The Morgan fingerprint density at radius 1 is 1.22 bits per heavy atom. The van der Waals surface area contributed by atoms with Crippen molar-refractivity contribution in [1.82, 2.24) is 10.3 Å². The average Bonchev–Trinajstić information content (AvgIpc) is 2.91. The molecule has 0 unspecified atom stereocenters. The van der Waals surface area contributed by atoms with Gasteiger partial charge in [-0.05, 0) is 48.2 Å². The van der Waals surface area contributed by atoms with E-state index in [1.165, 1.54) is 12.1 Å². The van der Waals surface area contributed by atoms with Crippen LogP contribution in [0, 0.1) is 12.7 Å². The van der Waals surface area contributed by atoms with E-state index >= 15 is 0 Å². The Balaban J connectivity index is 1.54. The maximum atomic E-state index is 13.4. The Kier molecular flexibility index (Phi) is 4.28. The van der Waals surface area contributed by atoms with Gasteiger partial charge in [-0.1, -0.05) is 18.2 Å². The van der Waals surface area contributed by atoms with Gasteiger partial charge in [0.25, 0.3) is 5.91 Å². The van der Waals surface area contributed by atoms with E-state index in [1.54, 1.807) is 12.1 Å². The van der Waals surface area contributed by atoms with Crippen molar-refractivity contribution >= 4 is 16.8 Å². The summed E-state index contributed by atoms with van der Waals surface area (Å²) in [6.07, 6.45) is 0. The van der Waals surface area contributed by atoms with E-state index in [1.807, 2.05) is 25.1 Å². The van der Waals surface area contributed by atoms with E-state index in [-0.39, 0.29) is 18.3 Å². The van der Waals surface area contributed by atoms with Gasteiger partial charge in [-0.2, -0.15) is 0 Å². The average molecular weight is 312 g/mol. The third kappa shape index (κ3) is 3.69. The summed E-state index contributed by atoms with van der Waals surface area (Å²) in [4.78, 5) is 15.1. The molecule has 0 saturated heterocycles. The number of para-hydroxylation sites is 1. The van der Waals surface area contributed by atoms with Crippen molar-refractivity contribution in [3.63, 3.8) is 0 Å². The number of benzene rings is 2. The summed E-state index contributed by atoms with van der Waals surface area (Å²) in [6.45, 7) is 2.19. The van der Waals surface area contributed by atoms with Crippen LogP contribution in [0.3, 0.4) is 0 Å². The normalized spacial score (nSPS) is 10.7. The lowest BCUT2D eigenvalue weighted by Crippen LogP contribution is -2.28. The molecule has 5 heteroatoms. The molecule has 0 bridgehead atoms. The smallest absolute Gasteiger partial charge is 0.258 e. The second kappa shape index (κ2) is 6.52. The molecule has 1 amide bonds. The van der Waals surface area contributed by atoms with Crippen molar-refractivity contribution < 1.29 is 13.9 Å². The highest BCUT2D eigenvalue weighted by Gasteiger charge is 2.06. The number of aryl methyl sites for hydroxylation is 1. The van der Waals surface area contributed by atoms with Crippen LogP contribution in [0.4, 0.5) is 4.39 Å². The summed E-state index contributed by atoms with van der Waals surface area (Å²) in [5.41, 5.74) is 3.16. The van der Waals surface area contributed by atoms with Crippen LogP contribution in [-0.2, 0) is 11.3 Å². The van der Waals surface area contributed by atoms with Crippen LogP contribution in [0.5, 0.6) is 5.75 Å². The first-order valence-corrected chi connectivity index (χ1v) is 7.34. The SMILES string of the molecule is Cc1cc2cc(CNC(=O)COc3ccccc3F)ccc2[nH]1. The summed E-state index contributed by atoms with van der Waals surface area (Å²) in [7, 11) is 0. The molecule has 23 heavy (non-hydrogen) atoms. The molecule has 0 aliphatic rings. The van der Waals surface area contributed by atoms with Crippen molar-refractivity contribution in [2.45, 2.75) is 13.5 Å². The number of aromatic amines is 1. The van der Waals surface area contributed by atoms with Gasteiger partial charge in [0.15, 0.2) is 18.2 Å². The topological polar surface area (TPSA) is 54.1 Å². The van der Waals surface area contributed by atoms with Crippen molar-refractivity contribution in [2.75, 3.05) is 6.61 Å². The number of ether oxygens (including phenoxy) is 1. The van der Waals surface area contributed by atoms with Crippen LogP contribution >= 0.6 is 0 Å². The number of carbonyl (C=O) groups is 1.